The summed E-state index contributed by atoms with van der Waals surface area (Å²) in [6.45, 7) is 3.74. The molecule has 26 heavy (non-hydrogen) atoms. The van der Waals surface area contributed by atoms with Gasteiger partial charge in [-0.25, -0.2) is 0 Å². The van der Waals surface area contributed by atoms with Crippen molar-refractivity contribution in [2.45, 2.75) is 26.7 Å². The molecule has 0 spiro atoms. The zero-order valence-corrected chi connectivity index (χ0v) is 15.4. The number of para-hydroxylation sites is 1. The van der Waals surface area contributed by atoms with Gasteiger partial charge in [0.05, 0.1) is 14.2 Å². The Hall–Kier alpha value is -2.89. The molecule has 0 aliphatic rings. The van der Waals surface area contributed by atoms with Gasteiger partial charge in [-0.2, -0.15) is 0 Å². The maximum atomic E-state index is 13.0. The molecule has 0 saturated carbocycles. The number of aromatic nitrogens is 1. The van der Waals surface area contributed by atoms with E-state index in [1.807, 2.05) is 48.7 Å². The summed E-state index contributed by atoms with van der Waals surface area (Å²) < 4.78 is 11.3. The number of hydrogen-bond acceptors (Lipinski definition) is 5. The predicted octanol–water partition coefficient (Wildman–Crippen LogP) is 3.02. The molecule has 1 aromatic heterocycles. The van der Waals surface area contributed by atoms with Crippen LogP contribution in [0.1, 0.15) is 34.6 Å². The normalized spacial score (nSPS) is 11.7. The van der Waals surface area contributed by atoms with Crippen LogP contribution in [0.25, 0.3) is 5.69 Å². The number of esters is 2. The Bertz CT molecular complexity index is 807. The number of ether oxygens (including phenoxy) is 2. The standard InChI is InChI=1S/C20H23NO5/c1-13-12-17(14(2)21(13)15-8-6-5-7-9-15)19(23)16(20(24)26-4)10-11-18(22)25-3/h5-9,12,16H,10-11H2,1-4H3. The summed E-state index contributed by atoms with van der Waals surface area (Å²) in [5.41, 5.74) is 3.01. The van der Waals surface area contributed by atoms with Gasteiger partial charge in [-0.15, -0.1) is 0 Å². The quantitative estimate of drug-likeness (QED) is 0.433. The van der Waals surface area contributed by atoms with Crippen molar-refractivity contribution in [2.75, 3.05) is 14.2 Å². The van der Waals surface area contributed by atoms with Crippen LogP contribution in [0.4, 0.5) is 0 Å². The van der Waals surface area contributed by atoms with Gasteiger partial charge in [0.25, 0.3) is 0 Å². The van der Waals surface area contributed by atoms with Gasteiger partial charge in [-0.05, 0) is 38.5 Å². The lowest BCUT2D eigenvalue weighted by Crippen LogP contribution is -2.27. The molecule has 1 unspecified atom stereocenters. The highest BCUT2D eigenvalue weighted by molar-refractivity contribution is 6.09. The lowest BCUT2D eigenvalue weighted by molar-refractivity contribution is -0.145. The minimum Gasteiger partial charge on any atom is -0.469 e. The molecule has 0 fully saturated rings. The molecule has 1 aromatic carbocycles. The summed E-state index contributed by atoms with van der Waals surface area (Å²) in [7, 11) is 2.50. The number of methoxy groups -OCH3 is 2. The molecule has 0 amide bonds. The van der Waals surface area contributed by atoms with Crippen molar-refractivity contribution < 1.29 is 23.9 Å². The van der Waals surface area contributed by atoms with Crippen molar-refractivity contribution in [3.8, 4) is 5.69 Å². The second kappa shape index (κ2) is 8.47. The highest BCUT2D eigenvalue weighted by atomic mass is 16.5. The third-order valence-electron chi connectivity index (χ3n) is 4.38. The molecule has 0 saturated heterocycles. The number of benzene rings is 1. The fourth-order valence-electron chi connectivity index (χ4n) is 3.04. The van der Waals surface area contributed by atoms with Crippen LogP contribution >= 0.6 is 0 Å². The topological polar surface area (TPSA) is 74.6 Å². The van der Waals surface area contributed by atoms with E-state index in [0.29, 0.717) is 5.56 Å². The Morgan fingerprint density at radius 3 is 2.27 bits per heavy atom. The molecule has 2 aromatic rings. The van der Waals surface area contributed by atoms with E-state index in [2.05, 4.69) is 4.74 Å². The zero-order valence-electron chi connectivity index (χ0n) is 15.4. The van der Waals surface area contributed by atoms with Gasteiger partial charge in [0.2, 0.25) is 0 Å². The maximum Gasteiger partial charge on any atom is 0.316 e. The van der Waals surface area contributed by atoms with Gasteiger partial charge in [0.1, 0.15) is 5.92 Å². The Morgan fingerprint density at radius 2 is 1.69 bits per heavy atom. The van der Waals surface area contributed by atoms with Gasteiger partial charge in [0, 0.05) is 29.1 Å². The SMILES string of the molecule is COC(=O)CCC(C(=O)OC)C(=O)c1cc(C)n(-c2ccccc2)c1C. The average molecular weight is 357 g/mol. The molecular formula is C20H23NO5. The Morgan fingerprint density at radius 1 is 1.04 bits per heavy atom. The van der Waals surface area contributed by atoms with Crippen LogP contribution in [0.3, 0.4) is 0 Å². The van der Waals surface area contributed by atoms with E-state index in [-0.39, 0.29) is 18.6 Å². The van der Waals surface area contributed by atoms with Gasteiger partial charge in [-0.3, -0.25) is 14.4 Å². The monoisotopic (exact) mass is 357 g/mol. The average Bonchev–Trinajstić information content (AvgIpc) is 2.95. The highest BCUT2D eigenvalue weighted by Gasteiger charge is 2.31. The van der Waals surface area contributed by atoms with Crippen LogP contribution < -0.4 is 0 Å². The lowest BCUT2D eigenvalue weighted by Gasteiger charge is -2.14. The van der Waals surface area contributed by atoms with Crippen LogP contribution in [-0.4, -0.2) is 36.5 Å². The minimum absolute atomic E-state index is 0.0283. The molecular weight excluding hydrogens is 334 g/mol. The number of carbonyl (C=O) groups excluding carboxylic acids is 3. The number of aryl methyl sites for hydroxylation is 1. The second-order valence-corrected chi connectivity index (χ2v) is 6.01. The second-order valence-electron chi connectivity index (χ2n) is 6.01. The minimum atomic E-state index is -1.04. The van der Waals surface area contributed by atoms with E-state index < -0.39 is 17.9 Å². The smallest absolute Gasteiger partial charge is 0.316 e. The van der Waals surface area contributed by atoms with E-state index in [9.17, 15) is 14.4 Å². The number of carbonyl (C=O) groups is 3. The Kier molecular flexibility index (Phi) is 6.33. The van der Waals surface area contributed by atoms with Crippen LogP contribution in [0.5, 0.6) is 0 Å². The largest absolute Gasteiger partial charge is 0.469 e. The predicted molar refractivity (Wildman–Crippen MR) is 96.3 cm³/mol. The molecule has 6 heteroatoms. The molecule has 0 radical (unpaired) electrons. The molecule has 6 nitrogen and oxygen atoms in total. The summed E-state index contributed by atoms with van der Waals surface area (Å²) in [5, 5.41) is 0. The van der Waals surface area contributed by atoms with Crippen molar-refractivity contribution in [1.29, 1.82) is 0 Å². The van der Waals surface area contributed by atoms with E-state index in [4.69, 9.17) is 4.74 Å². The van der Waals surface area contributed by atoms with Crippen LogP contribution in [0, 0.1) is 19.8 Å². The van der Waals surface area contributed by atoms with E-state index in [0.717, 1.165) is 17.1 Å². The first-order valence-electron chi connectivity index (χ1n) is 8.34. The van der Waals surface area contributed by atoms with E-state index in [1.54, 1.807) is 6.07 Å². The van der Waals surface area contributed by atoms with Crippen molar-refractivity contribution in [3.63, 3.8) is 0 Å². The van der Waals surface area contributed by atoms with Crippen molar-refractivity contribution in [2.24, 2.45) is 5.92 Å². The summed E-state index contributed by atoms with van der Waals surface area (Å²) in [5.74, 6) is -2.51. The van der Waals surface area contributed by atoms with Gasteiger partial charge in [0.15, 0.2) is 5.78 Å². The summed E-state index contributed by atoms with van der Waals surface area (Å²) in [6.07, 6.45) is 0.0205. The number of ketones is 1. The molecule has 0 bridgehead atoms. The fourth-order valence-corrected chi connectivity index (χ4v) is 3.04. The molecule has 138 valence electrons. The number of hydrogen-bond donors (Lipinski definition) is 0. The molecule has 0 aliphatic carbocycles. The number of Topliss-reactive ketones (excluding diaryl/α,β-unsaturated/α-hetero) is 1. The van der Waals surface area contributed by atoms with Crippen LogP contribution in [-0.2, 0) is 19.1 Å². The van der Waals surface area contributed by atoms with Gasteiger partial charge in [-0.1, -0.05) is 18.2 Å². The van der Waals surface area contributed by atoms with E-state index in [1.165, 1.54) is 14.2 Å². The lowest BCUT2D eigenvalue weighted by atomic mass is 9.93. The molecule has 2 rings (SSSR count). The Balaban J connectivity index is 2.37. The maximum absolute atomic E-state index is 13.0. The molecule has 1 heterocycles. The molecule has 0 aliphatic heterocycles. The summed E-state index contributed by atoms with van der Waals surface area (Å²) >= 11 is 0. The summed E-state index contributed by atoms with van der Waals surface area (Å²) in [6, 6.07) is 11.4. The number of rotatable bonds is 7. The van der Waals surface area contributed by atoms with Crippen molar-refractivity contribution in [1.82, 2.24) is 4.57 Å². The van der Waals surface area contributed by atoms with E-state index >= 15 is 0 Å². The first-order valence-corrected chi connectivity index (χ1v) is 8.34. The third-order valence-corrected chi connectivity index (χ3v) is 4.38. The zero-order chi connectivity index (χ0) is 19.3. The third kappa shape index (κ3) is 4.02. The van der Waals surface area contributed by atoms with Crippen LogP contribution in [0.15, 0.2) is 36.4 Å². The molecule has 1 atom stereocenters. The van der Waals surface area contributed by atoms with Gasteiger partial charge < -0.3 is 14.0 Å². The van der Waals surface area contributed by atoms with Crippen molar-refractivity contribution in [3.05, 3.63) is 53.3 Å². The number of nitrogens with zero attached hydrogens (tertiary/aromatic N) is 1. The first kappa shape index (κ1) is 19.4. The van der Waals surface area contributed by atoms with Crippen molar-refractivity contribution >= 4 is 17.7 Å². The Labute approximate surface area is 152 Å². The van der Waals surface area contributed by atoms with Crippen LogP contribution in [0.2, 0.25) is 0 Å². The highest BCUT2D eigenvalue weighted by Crippen LogP contribution is 2.25. The summed E-state index contributed by atoms with van der Waals surface area (Å²) in [4.78, 5) is 36.5. The first-order chi connectivity index (χ1) is 12.4. The van der Waals surface area contributed by atoms with Gasteiger partial charge >= 0.3 is 11.9 Å². The molecule has 0 N–H and O–H groups in total. The fraction of sp³-hybridized carbons (Fsp3) is 0.350.